The smallest absolute Gasteiger partial charge is 0.317 e. The molecule has 0 unspecified atom stereocenters. The molecule has 1 atom stereocenters. The maximum Gasteiger partial charge on any atom is 0.317 e. The molecule has 0 radical (unpaired) electrons. The SMILES string of the molecule is O=C(COC(=O)C1(c2ccccc2)CC1)N(C1CC1)[C@H]1CCS(=O)(=O)C1. The molecule has 1 aromatic carbocycles. The lowest BCUT2D eigenvalue weighted by atomic mass is 9.96. The van der Waals surface area contributed by atoms with Gasteiger partial charge >= 0.3 is 5.97 Å². The van der Waals surface area contributed by atoms with E-state index in [0.717, 1.165) is 31.2 Å². The van der Waals surface area contributed by atoms with Crippen molar-refractivity contribution in [2.24, 2.45) is 0 Å². The summed E-state index contributed by atoms with van der Waals surface area (Å²) in [5.41, 5.74) is 0.321. The third kappa shape index (κ3) is 3.37. The van der Waals surface area contributed by atoms with E-state index in [2.05, 4.69) is 0 Å². The van der Waals surface area contributed by atoms with Crippen molar-refractivity contribution in [3.05, 3.63) is 35.9 Å². The van der Waals surface area contributed by atoms with E-state index in [1.54, 1.807) is 4.90 Å². The van der Waals surface area contributed by atoms with Crippen molar-refractivity contribution in [3.8, 4) is 0 Å². The molecule has 0 aromatic heterocycles. The highest BCUT2D eigenvalue weighted by Gasteiger charge is 2.53. The summed E-state index contributed by atoms with van der Waals surface area (Å²) in [6.45, 7) is -0.305. The van der Waals surface area contributed by atoms with E-state index in [-0.39, 0.29) is 42.1 Å². The van der Waals surface area contributed by atoms with Crippen LogP contribution >= 0.6 is 0 Å². The lowest BCUT2D eigenvalue weighted by Crippen LogP contribution is -2.45. The van der Waals surface area contributed by atoms with Gasteiger partial charge in [-0.2, -0.15) is 0 Å². The lowest BCUT2D eigenvalue weighted by molar-refractivity contribution is -0.155. The number of rotatable bonds is 6. The Morgan fingerprint density at radius 2 is 1.77 bits per heavy atom. The Balaban J connectivity index is 1.39. The largest absolute Gasteiger partial charge is 0.455 e. The topological polar surface area (TPSA) is 80.8 Å². The predicted octanol–water partition coefficient (Wildman–Crippen LogP) is 1.44. The molecule has 0 spiro atoms. The Morgan fingerprint density at radius 3 is 2.31 bits per heavy atom. The summed E-state index contributed by atoms with van der Waals surface area (Å²) in [5, 5.41) is 0. The van der Waals surface area contributed by atoms with Crippen LogP contribution in [0.2, 0.25) is 0 Å². The molecular formula is C19H23NO5S. The van der Waals surface area contributed by atoms with Gasteiger partial charge in [-0.05, 0) is 37.7 Å². The van der Waals surface area contributed by atoms with Gasteiger partial charge in [0, 0.05) is 12.1 Å². The Hall–Kier alpha value is -1.89. The first kappa shape index (κ1) is 17.5. The van der Waals surface area contributed by atoms with E-state index in [1.165, 1.54) is 0 Å². The Kier molecular flexibility index (Phi) is 4.29. The van der Waals surface area contributed by atoms with Crippen LogP contribution in [0.15, 0.2) is 30.3 Å². The zero-order chi connectivity index (χ0) is 18.4. The molecule has 0 N–H and O–H groups in total. The van der Waals surface area contributed by atoms with Crippen LogP contribution in [0.25, 0.3) is 0 Å². The number of sulfone groups is 1. The van der Waals surface area contributed by atoms with Crippen LogP contribution in [-0.2, 0) is 29.6 Å². The van der Waals surface area contributed by atoms with Gasteiger partial charge in [0.2, 0.25) is 0 Å². The van der Waals surface area contributed by atoms with Crippen LogP contribution in [0.1, 0.15) is 37.7 Å². The van der Waals surface area contributed by atoms with Crippen LogP contribution in [0.3, 0.4) is 0 Å². The van der Waals surface area contributed by atoms with E-state index in [9.17, 15) is 18.0 Å². The van der Waals surface area contributed by atoms with Gasteiger partial charge in [-0.25, -0.2) is 8.42 Å². The molecule has 3 aliphatic rings. The molecule has 4 rings (SSSR count). The number of hydrogen-bond donors (Lipinski definition) is 0. The summed E-state index contributed by atoms with van der Waals surface area (Å²) in [7, 11) is -3.06. The van der Waals surface area contributed by atoms with Gasteiger partial charge in [0.15, 0.2) is 16.4 Å². The number of hydrogen-bond acceptors (Lipinski definition) is 5. The van der Waals surface area contributed by atoms with E-state index in [0.29, 0.717) is 6.42 Å². The van der Waals surface area contributed by atoms with Crippen molar-refractivity contribution in [2.45, 2.75) is 49.6 Å². The highest BCUT2D eigenvalue weighted by Crippen LogP contribution is 2.49. The molecule has 0 bridgehead atoms. The average Bonchev–Trinajstić information content (AvgIpc) is 3.53. The number of benzene rings is 1. The molecule has 2 saturated carbocycles. The summed E-state index contributed by atoms with van der Waals surface area (Å²) in [5.74, 6) is -0.471. The second-order valence-electron chi connectivity index (χ2n) is 7.61. The molecule has 26 heavy (non-hydrogen) atoms. The molecule has 2 aliphatic carbocycles. The summed E-state index contributed by atoms with van der Waals surface area (Å²) in [6, 6.07) is 9.34. The van der Waals surface area contributed by atoms with Crippen LogP contribution in [0.5, 0.6) is 0 Å². The molecule has 3 fully saturated rings. The van der Waals surface area contributed by atoms with Crippen LogP contribution in [0.4, 0.5) is 0 Å². The van der Waals surface area contributed by atoms with Gasteiger partial charge in [0.1, 0.15) is 0 Å². The van der Waals surface area contributed by atoms with Crippen molar-refractivity contribution >= 4 is 21.7 Å². The van der Waals surface area contributed by atoms with Gasteiger partial charge in [-0.1, -0.05) is 30.3 Å². The standard InChI is InChI=1S/C19H23NO5S/c21-17(20(15-6-7-15)16-8-11-26(23,24)13-16)12-25-18(22)19(9-10-19)14-4-2-1-3-5-14/h1-5,15-16H,6-13H2/t16-/m0/s1. The zero-order valence-electron chi connectivity index (χ0n) is 14.6. The monoisotopic (exact) mass is 377 g/mol. The zero-order valence-corrected chi connectivity index (χ0v) is 15.4. The van der Waals surface area contributed by atoms with Crippen molar-refractivity contribution in [3.63, 3.8) is 0 Å². The van der Waals surface area contributed by atoms with Gasteiger partial charge in [-0.3, -0.25) is 9.59 Å². The second kappa shape index (κ2) is 6.37. The van der Waals surface area contributed by atoms with Crippen LogP contribution in [0, 0.1) is 0 Å². The molecule has 1 aliphatic heterocycles. The fraction of sp³-hybridized carbons (Fsp3) is 0.579. The minimum Gasteiger partial charge on any atom is -0.455 e. The quantitative estimate of drug-likeness (QED) is 0.701. The maximum atomic E-state index is 12.7. The molecule has 6 nitrogen and oxygen atoms in total. The highest BCUT2D eigenvalue weighted by molar-refractivity contribution is 7.91. The normalized spacial score (nSPS) is 25.5. The van der Waals surface area contributed by atoms with Crippen molar-refractivity contribution in [2.75, 3.05) is 18.1 Å². The highest BCUT2D eigenvalue weighted by atomic mass is 32.2. The number of ether oxygens (including phenoxy) is 1. The van der Waals surface area contributed by atoms with Gasteiger partial charge in [-0.15, -0.1) is 0 Å². The van der Waals surface area contributed by atoms with Gasteiger partial charge < -0.3 is 9.64 Å². The molecule has 1 heterocycles. The summed E-state index contributed by atoms with van der Waals surface area (Å²) in [6.07, 6.45) is 3.73. The number of amides is 1. The van der Waals surface area contributed by atoms with Gasteiger partial charge in [0.05, 0.1) is 16.9 Å². The van der Waals surface area contributed by atoms with Gasteiger partial charge in [0.25, 0.3) is 5.91 Å². The van der Waals surface area contributed by atoms with Crippen LogP contribution in [-0.4, -0.2) is 55.4 Å². The van der Waals surface area contributed by atoms with E-state index < -0.39 is 15.3 Å². The molecular weight excluding hydrogens is 354 g/mol. The fourth-order valence-corrected chi connectivity index (χ4v) is 5.60. The first-order chi connectivity index (χ1) is 12.4. The predicted molar refractivity (Wildman–Crippen MR) is 95.2 cm³/mol. The first-order valence-corrected chi connectivity index (χ1v) is 11.0. The average molecular weight is 377 g/mol. The molecule has 140 valence electrons. The Labute approximate surface area is 153 Å². The van der Waals surface area contributed by atoms with E-state index in [4.69, 9.17) is 4.74 Å². The Morgan fingerprint density at radius 1 is 1.08 bits per heavy atom. The third-order valence-corrected chi connectivity index (χ3v) is 7.37. The molecule has 1 amide bonds. The van der Waals surface area contributed by atoms with Crippen LogP contribution < -0.4 is 0 Å². The number of esters is 1. The molecule has 1 saturated heterocycles. The molecule has 1 aromatic rings. The van der Waals surface area contributed by atoms with Crippen molar-refractivity contribution in [1.82, 2.24) is 4.90 Å². The summed E-state index contributed by atoms with van der Waals surface area (Å²) in [4.78, 5) is 26.9. The third-order valence-electron chi connectivity index (χ3n) is 5.62. The second-order valence-corrected chi connectivity index (χ2v) is 9.84. The first-order valence-electron chi connectivity index (χ1n) is 9.16. The molecule has 7 heteroatoms. The van der Waals surface area contributed by atoms with E-state index in [1.807, 2.05) is 30.3 Å². The number of carbonyl (C=O) groups is 2. The Bertz CT molecular complexity index is 812. The minimum absolute atomic E-state index is 0.0249. The van der Waals surface area contributed by atoms with E-state index >= 15 is 0 Å². The van der Waals surface area contributed by atoms with Crippen molar-refractivity contribution < 1.29 is 22.7 Å². The lowest BCUT2D eigenvalue weighted by Gasteiger charge is -2.28. The fourth-order valence-electron chi connectivity index (χ4n) is 3.89. The number of carbonyl (C=O) groups excluding carboxylic acids is 2. The maximum absolute atomic E-state index is 12.7. The number of nitrogens with zero attached hydrogens (tertiary/aromatic N) is 1. The minimum atomic E-state index is -3.06. The summed E-state index contributed by atoms with van der Waals surface area (Å²) >= 11 is 0. The summed E-state index contributed by atoms with van der Waals surface area (Å²) < 4.78 is 28.9. The van der Waals surface area contributed by atoms with Crippen molar-refractivity contribution in [1.29, 1.82) is 0 Å².